The van der Waals surface area contributed by atoms with Crippen LogP contribution in [0.15, 0.2) is 91.4 Å². The number of carboxylic acids is 1. The molecule has 0 saturated carbocycles. The first-order chi connectivity index (χ1) is 13.7. The fraction of sp³-hybridized carbons (Fsp3) is 0.0435. The predicted octanol–water partition coefficient (Wildman–Crippen LogP) is 4.82. The second-order valence-electron chi connectivity index (χ2n) is 6.27. The van der Waals surface area contributed by atoms with E-state index in [-0.39, 0.29) is 5.56 Å². The molecule has 4 rings (SSSR count). The summed E-state index contributed by atoms with van der Waals surface area (Å²) in [6.07, 6.45) is 3.42. The molecule has 4 aromatic rings. The molecule has 0 aliphatic heterocycles. The third-order valence-electron chi connectivity index (χ3n) is 4.41. The van der Waals surface area contributed by atoms with E-state index in [4.69, 9.17) is 4.74 Å². The molecule has 0 amide bonds. The molecule has 0 fully saturated rings. The van der Waals surface area contributed by atoms with E-state index in [0.717, 1.165) is 28.3 Å². The maximum absolute atomic E-state index is 11.3. The third-order valence-corrected chi connectivity index (χ3v) is 4.41. The Morgan fingerprint density at radius 3 is 2.57 bits per heavy atom. The van der Waals surface area contributed by atoms with Gasteiger partial charge in [0.05, 0.1) is 23.8 Å². The zero-order valence-electron chi connectivity index (χ0n) is 15.0. The summed E-state index contributed by atoms with van der Waals surface area (Å²) in [5.41, 5.74) is 3.75. The summed E-state index contributed by atoms with van der Waals surface area (Å²) in [5.74, 6) is -0.224. The summed E-state index contributed by atoms with van der Waals surface area (Å²) in [6.45, 7) is 0.459. The molecule has 0 radical (unpaired) electrons. The largest absolute Gasteiger partial charge is 0.488 e. The molecule has 0 aliphatic rings. The van der Waals surface area contributed by atoms with Crippen LogP contribution in [0, 0.1) is 0 Å². The number of carboxylic acid groups (broad SMARTS) is 1. The van der Waals surface area contributed by atoms with Gasteiger partial charge in [-0.1, -0.05) is 48.5 Å². The Balaban J connectivity index is 1.69. The topological polar surface area (TPSA) is 64.3 Å². The number of aromatic nitrogens is 2. The van der Waals surface area contributed by atoms with Gasteiger partial charge in [0, 0.05) is 11.3 Å². The molecule has 0 unspecified atom stereocenters. The molecule has 1 N–H and O–H groups in total. The molecule has 138 valence electrons. The number of rotatable bonds is 6. The first-order valence-corrected chi connectivity index (χ1v) is 8.84. The van der Waals surface area contributed by atoms with E-state index in [1.54, 1.807) is 30.7 Å². The SMILES string of the molecule is O=C(O)c1cccc(-n2cncc2-c2ccccc2OCc2ccccc2)c1. The number of para-hydroxylation sites is 1. The van der Waals surface area contributed by atoms with Gasteiger partial charge in [-0.3, -0.25) is 4.57 Å². The smallest absolute Gasteiger partial charge is 0.335 e. The van der Waals surface area contributed by atoms with E-state index in [9.17, 15) is 9.90 Å². The Bertz CT molecular complexity index is 1100. The normalized spacial score (nSPS) is 10.6. The summed E-state index contributed by atoms with van der Waals surface area (Å²) in [7, 11) is 0. The lowest BCUT2D eigenvalue weighted by Gasteiger charge is -2.14. The number of nitrogens with zero attached hydrogens (tertiary/aromatic N) is 2. The van der Waals surface area contributed by atoms with Crippen LogP contribution >= 0.6 is 0 Å². The minimum atomic E-state index is -0.963. The first-order valence-electron chi connectivity index (χ1n) is 8.84. The highest BCUT2D eigenvalue weighted by molar-refractivity contribution is 5.88. The first kappa shape index (κ1) is 17.5. The van der Waals surface area contributed by atoms with Gasteiger partial charge >= 0.3 is 5.97 Å². The van der Waals surface area contributed by atoms with Crippen molar-refractivity contribution in [2.45, 2.75) is 6.61 Å². The van der Waals surface area contributed by atoms with E-state index >= 15 is 0 Å². The zero-order valence-corrected chi connectivity index (χ0v) is 15.0. The summed E-state index contributed by atoms with van der Waals surface area (Å²) in [6, 6.07) is 24.5. The van der Waals surface area contributed by atoms with Crippen LogP contribution in [-0.2, 0) is 6.61 Å². The van der Waals surface area contributed by atoms with Crippen molar-refractivity contribution in [1.29, 1.82) is 0 Å². The molecule has 0 spiro atoms. The van der Waals surface area contributed by atoms with Crippen LogP contribution in [0.1, 0.15) is 15.9 Å². The van der Waals surface area contributed by atoms with Crippen LogP contribution in [0.4, 0.5) is 0 Å². The van der Waals surface area contributed by atoms with Gasteiger partial charge in [-0.15, -0.1) is 0 Å². The second kappa shape index (κ2) is 7.80. The van der Waals surface area contributed by atoms with E-state index in [2.05, 4.69) is 4.98 Å². The Labute approximate surface area is 162 Å². The van der Waals surface area contributed by atoms with Crippen molar-refractivity contribution in [2.75, 3.05) is 0 Å². The highest BCUT2D eigenvalue weighted by Crippen LogP contribution is 2.32. The Hall–Kier alpha value is -3.86. The van der Waals surface area contributed by atoms with Crippen LogP contribution in [0.5, 0.6) is 5.75 Å². The molecule has 28 heavy (non-hydrogen) atoms. The van der Waals surface area contributed by atoms with Crippen LogP contribution in [0.2, 0.25) is 0 Å². The fourth-order valence-corrected chi connectivity index (χ4v) is 3.03. The van der Waals surface area contributed by atoms with Crippen molar-refractivity contribution in [2.24, 2.45) is 0 Å². The molecule has 0 aliphatic carbocycles. The average Bonchev–Trinajstić information content (AvgIpc) is 3.23. The third kappa shape index (κ3) is 3.64. The number of ether oxygens (including phenoxy) is 1. The summed E-state index contributed by atoms with van der Waals surface area (Å²) in [4.78, 5) is 15.6. The molecular weight excluding hydrogens is 352 g/mol. The van der Waals surface area contributed by atoms with E-state index in [1.165, 1.54) is 0 Å². The van der Waals surface area contributed by atoms with E-state index < -0.39 is 5.97 Å². The highest BCUT2D eigenvalue weighted by atomic mass is 16.5. The number of hydrogen-bond donors (Lipinski definition) is 1. The van der Waals surface area contributed by atoms with Crippen LogP contribution in [-0.4, -0.2) is 20.6 Å². The summed E-state index contributed by atoms with van der Waals surface area (Å²) < 4.78 is 7.92. The van der Waals surface area contributed by atoms with Gasteiger partial charge in [-0.25, -0.2) is 9.78 Å². The minimum Gasteiger partial charge on any atom is -0.488 e. The molecule has 1 aromatic heterocycles. The summed E-state index contributed by atoms with van der Waals surface area (Å²) >= 11 is 0. The van der Waals surface area contributed by atoms with Gasteiger partial charge in [-0.2, -0.15) is 0 Å². The van der Waals surface area contributed by atoms with E-state index in [0.29, 0.717) is 6.61 Å². The maximum Gasteiger partial charge on any atom is 0.335 e. The van der Waals surface area contributed by atoms with Crippen LogP contribution in [0.3, 0.4) is 0 Å². The highest BCUT2D eigenvalue weighted by Gasteiger charge is 2.13. The van der Waals surface area contributed by atoms with Crippen molar-refractivity contribution < 1.29 is 14.6 Å². The molecule has 0 bridgehead atoms. The molecular formula is C23H18N2O3. The lowest BCUT2D eigenvalue weighted by molar-refractivity contribution is 0.0697. The minimum absolute atomic E-state index is 0.228. The maximum atomic E-state index is 11.3. The van der Waals surface area contributed by atoms with Gasteiger partial charge in [-0.05, 0) is 35.9 Å². The number of aromatic carboxylic acids is 1. The number of hydrogen-bond acceptors (Lipinski definition) is 3. The lowest BCUT2D eigenvalue weighted by atomic mass is 10.1. The predicted molar refractivity (Wildman–Crippen MR) is 107 cm³/mol. The van der Waals surface area contributed by atoms with Crippen molar-refractivity contribution in [3.8, 4) is 22.7 Å². The van der Waals surface area contributed by atoms with Gasteiger partial charge in [0.25, 0.3) is 0 Å². The van der Waals surface area contributed by atoms with Crippen molar-refractivity contribution >= 4 is 5.97 Å². The lowest BCUT2D eigenvalue weighted by Crippen LogP contribution is -2.02. The standard InChI is InChI=1S/C23H18N2O3/c26-23(27)18-9-6-10-19(13-18)25-16-24-14-21(25)20-11-4-5-12-22(20)28-15-17-7-2-1-3-8-17/h1-14,16H,15H2,(H,26,27). The number of benzene rings is 3. The van der Waals surface area contributed by atoms with Gasteiger partial charge < -0.3 is 9.84 Å². The Morgan fingerprint density at radius 1 is 0.964 bits per heavy atom. The quantitative estimate of drug-likeness (QED) is 0.529. The number of imidazole rings is 1. The molecule has 0 atom stereocenters. The van der Waals surface area contributed by atoms with Crippen molar-refractivity contribution in [3.05, 3.63) is 103 Å². The van der Waals surface area contributed by atoms with Gasteiger partial charge in [0.2, 0.25) is 0 Å². The summed E-state index contributed by atoms with van der Waals surface area (Å²) in [5, 5.41) is 9.27. The molecule has 5 nitrogen and oxygen atoms in total. The van der Waals surface area contributed by atoms with Crippen LogP contribution < -0.4 is 4.74 Å². The van der Waals surface area contributed by atoms with Gasteiger partial charge in [0.1, 0.15) is 12.4 Å². The second-order valence-corrected chi connectivity index (χ2v) is 6.27. The van der Waals surface area contributed by atoms with Gasteiger partial charge in [0.15, 0.2) is 0 Å². The molecule has 1 heterocycles. The molecule has 5 heteroatoms. The monoisotopic (exact) mass is 370 g/mol. The fourth-order valence-electron chi connectivity index (χ4n) is 3.03. The van der Waals surface area contributed by atoms with Crippen molar-refractivity contribution in [1.82, 2.24) is 9.55 Å². The van der Waals surface area contributed by atoms with E-state index in [1.807, 2.05) is 65.2 Å². The average molecular weight is 370 g/mol. The molecule has 3 aromatic carbocycles. The Kier molecular flexibility index (Phi) is 4.89. The van der Waals surface area contributed by atoms with Crippen LogP contribution in [0.25, 0.3) is 16.9 Å². The van der Waals surface area contributed by atoms with Crippen molar-refractivity contribution in [3.63, 3.8) is 0 Å². The zero-order chi connectivity index (χ0) is 19.3. The molecule has 0 saturated heterocycles. The Morgan fingerprint density at radius 2 is 1.75 bits per heavy atom. The number of carbonyl (C=O) groups is 1.